The molecule has 0 bridgehead atoms. The first-order valence-electron chi connectivity index (χ1n) is 11.2. The quantitative estimate of drug-likeness (QED) is 0.419. The maximum atomic E-state index is 12.8. The summed E-state index contributed by atoms with van der Waals surface area (Å²) >= 11 is 12.6. The number of aromatic nitrogens is 4. The highest BCUT2D eigenvalue weighted by molar-refractivity contribution is 6.37. The van der Waals surface area contributed by atoms with Crippen molar-refractivity contribution in [3.8, 4) is 5.69 Å². The van der Waals surface area contributed by atoms with Crippen molar-refractivity contribution in [3.05, 3.63) is 74.8 Å². The van der Waals surface area contributed by atoms with E-state index < -0.39 is 5.69 Å². The van der Waals surface area contributed by atoms with Crippen LogP contribution in [0.4, 0.5) is 17.5 Å². The number of nitrogens with two attached hydrogens (primary N) is 1. The average molecular weight is 511 g/mol. The van der Waals surface area contributed by atoms with Crippen LogP contribution in [0, 0.1) is 0 Å². The second-order valence-corrected chi connectivity index (χ2v) is 9.34. The molecule has 3 heterocycles. The van der Waals surface area contributed by atoms with Crippen LogP contribution in [0.15, 0.2) is 53.5 Å². The largest absolute Gasteiger partial charge is 0.384 e. The maximum absolute atomic E-state index is 12.8. The van der Waals surface area contributed by atoms with Crippen molar-refractivity contribution < 1.29 is 0 Å². The summed E-state index contributed by atoms with van der Waals surface area (Å²) in [6, 6.07) is 13.1. The molecule has 11 heteroatoms. The van der Waals surface area contributed by atoms with Crippen molar-refractivity contribution in [2.24, 2.45) is 0 Å². The van der Waals surface area contributed by atoms with Crippen LogP contribution < -0.4 is 16.7 Å². The summed E-state index contributed by atoms with van der Waals surface area (Å²) < 4.78 is 1.17. The van der Waals surface area contributed by atoms with Crippen LogP contribution in [0.25, 0.3) is 16.7 Å². The third-order valence-corrected chi connectivity index (χ3v) is 6.63. The number of nitrogens with one attached hydrogen (secondary N) is 1. The van der Waals surface area contributed by atoms with Gasteiger partial charge in [-0.3, -0.25) is 4.90 Å². The number of benzene rings is 2. The number of anilines is 3. The van der Waals surface area contributed by atoms with E-state index in [1.54, 1.807) is 18.2 Å². The Bertz CT molecular complexity index is 1430. The summed E-state index contributed by atoms with van der Waals surface area (Å²) in [4.78, 5) is 30.5. The Hall–Kier alpha value is -3.24. The van der Waals surface area contributed by atoms with Gasteiger partial charge >= 0.3 is 5.69 Å². The average Bonchev–Trinajstić information content (AvgIpc) is 2.82. The van der Waals surface area contributed by atoms with E-state index >= 15 is 0 Å². The minimum atomic E-state index is -0.635. The molecule has 1 fully saturated rings. The first-order valence-corrected chi connectivity index (χ1v) is 11.9. The van der Waals surface area contributed by atoms with Gasteiger partial charge in [0.1, 0.15) is 5.82 Å². The Balaban J connectivity index is 1.41. The van der Waals surface area contributed by atoms with E-state index in [2.05, 4.69) is 49.2 Å². The number of para-hydroxylation sites is 1. The van der Waals surface area contributed by atoms with Gasteiger partial charge in [-0.15, -0.1) is 0 Å². The van der Waals surface area contributed by atoms with Gasteiger partial charge < -0.3 is 16.0 Å². The van der Waals surface area contributed by atoms with E-state index in [0.29, 0.717) is 11.3 Å². The molecule has 3 N–H and O–H groups in total. The molecule has 180 valence electrons. The molecule has 0 spiro atoms. The van der Waals surface area contributed by atoms with Crippen molar-refractivity contribution in [2.75, 3.05) is 44.3 Å². The zero-order valence-corrected chi connectivity index (χ0v) is 20.6. The van der Waals surface area contributed by atoms with E-state index in [1.165, 1.54) is 16.3 Å². The molecule has 1 aliphatic heterocycles. The molecule has 5 rings (SSSR count). The predicted octanol–water partition coefficient (Wildman–Crippen LogP) is 3.56. The van der Waals surface area contributed by atoms with Crippen molar-refractivity contribution in [2.45, 2.75) is 6.54 Å². The van der Waals surface area contributed by atoms with Gasteiger partial charge in [-0.25, -0.2) is 14.3 Å². The zero-order valence-electron chi connectivity index (χ0n) is 19.1. The summed E-state index contributed by atoms with van der Waals surface area (Å²) in [7, 11) is 2.15. The SMILES string of the molecule is CN1CCN(Cc2cccc(Nc3ncc4c(N)n(-c5c(Cl)cccc5Cl)c(=O)nc4n3)c2)CC1. The van der Waals surface area contributed by atoms with Gasteiger partial charge in [0.2, 0.25) is 5.95 Å². The smallest absolute Gasteiger partial charge is 0.355 e. The van der Waals surface area contributed by atoms with Gasteiger partial charge in [-0.1, -0.05) is 41.4 Å². The van der Waals surface area contributed by atoms with Crippen molar-refractivity contribution in [1.29, 1.82) is 0 Å². The highest BCUT2D eigenvalue weighted by Gasteiger charge is 2.18. The van der Waals surface area contributed by atoms with Gasteiger partial charge in [-0.05, 0) is 36.9 Å². The molecule has 2 aromatic heterocycles. The lowest BCUT2D eigenvalue weighted by Gasteiger charge is -2.32. The Morgan fingerprint density at radius 1 is 1.03 bits per heavy atom. The Kier molecular flexibility index (Phi) is 6.57. The van der Waals surface area contributed by atoms with Gasteiger partial charge in [0, 0.05) is 44.6 Å². The van der Waals surface area contributed by atoms with Crippen LogP contribution in [0.2, 0.25) is 10.0 Å². The standard InChI is InChI=1S/C24H24Cl2N8O/c1-32-8-10-33(11-9-32)14-15-4-2-5-16(12-15)29-23-28-13-17-21(27)34(24(35)31-22(17)30-23)20-18(25)6-3-7-19(20)26/h2-7,12-13H,8-11,14,27H2,1H3,(H,29,30,31,35). The lowest BCUT2D eigenvalue weighted by atomic mass is 10.1. The van der Waals surface area contributed by atoms with Crippen LogP contribution in [0.1, 0.15) is 5.56 Å². The Labute approximate surface area is 212 Å². The minimum absolute atomic E-state index is 0.107. The fraction of sp³-hybridized carbons (Fsp3) is 0.250. The summed E-state index contributed by atoms with van der Waals surface area (Å²) in [5.74, 6) is 0.421. The molecule has 4 aromatic rings. The number of likely N-dealkylation sites (N-methyl/N-ethyl adjacent to an activating group) is 1. The van der Waals surface area contributed by atoms with Crippen LogP contribution in [-0.2, 0) is 6.54 Å². The lowest BCUT2D eigenvalue weighted by molar-refractivity contribution is 0.148. The molecular weight excluding hydrogens is 487 g/mol. The van der Waals surface area contributed by atoms with E-state index in [-0.39, 0.29) is 27.2 Å². The van der Waals surface area contributed by atoms with Crippen molar-refractivity contribution in [1.82, 2.24) is 29.3 Å². The third kappa shape index (κ3) is 4.94. The molecule has 0 saturated carbocycles. The molecule has 0 aliphatic carbocycles. The van der Waals surface area contributed by atoms with Crippen LogP contribution in [-0.4, -0.2) is 62.5 Å². The van der Waals surface area contributed by atoms with E-state index in [1.807, 2.05) is 12.1 Å². The minimum Gasteiger partial charge on any atom is -0.384 e. The van der Waals surface area contributed by atoms with Crippen LogP contribution >= 0.6 is 23.2 Å². The predicted molar refractivity (Wildman–Crippen MR) is 140 cm³/mol. The molecular formula is C24H24Cl2N8O. The fourth-order valence-corrected chi connectivity index (χ4v) is 4.69. The summed E-state index contributed by atoms with van der Waals surface area (Å²) in [6.45, 7) is 5.12. The number of hydrogen-bond donors (Lipinski definition) is 2. The summed E-state index contributed by atoms with van der Waals surface area (Å²) in [5.41, 5.74) is 8.16. The number of nitrogen functional groups attached to an aromatic ring is 1. The molecule has 0 unspecified atom stereocenters. The summed E-state index contributed by atoms with van der Waals surface area (Å²) in [6.07, 6.45) is 1.53. The molecule has 1 aliphatic rings. The van der Waals surface area contributed by atoms with Gasteiger partial charge in [0.25, 0.3) is 0 Å². The van der Waals surface area contributed by atoms with Gasteiger partial charge in [-0.2, -0.15) is 9.97 Å². The number of halogens is 2. The van der Waals surface area contributed by atoms with E-state index in [0.717, 1.165) is 38.4 Å². The lowest BCUT2D eigenvalue weighted by Crippen LogP contribution is -2.43. The Morgan fingerprint density at radius 2 is 1.74 bits per heavy atom. The van der Waals surface area contributed by atoms with Crippen molar-refractivity contribution >= 4 is 51.7 Å². The fourth-order valence-electron chi connectivity index (χ4n) is 4.12. The van der Waals surface area contributed by atoms with E-state index in [9.17, 15) is 4.79 Å². The second kappa shape index (κ2) is 9.79. The summed E-state index contributed by atoms with van der Waals surface area (Å²) in [5, 5.41) is 4.18. The number of piperazine rings is 1. The molecule has 1 saturated heterocycles. The van der Waals surface area contributed by atoms with Crippen LogP contribution in [0.3, 0.4) is 0 Å². The van der Waals surface area contributed by atoms with Gasteiger partial charge in [0.15, 0.2) is 5.65 Å². The highest BCUT2D eigenvalue weighted by atomic mass is 35.5. The maximum Gasteiger partial charge on any atom is 0.355 e. The van der Waals surface area contributed by atoms with Crippen LogP contribution in [0.5, 0.6) is 0 Å². The number of fused-ring (bicyclic) bond motifs is 1. The van der Waals surface area contributed by atoms with Gasteiger partial charge in [0.05, 0.1) is 21.1 Å². The molecule has 2 aromatic carbocycles. The molecule has 0 amide bonds. The zero-order chi connectivity index (χ0) is 24.5. The molecule has 0 radical (unpaired) electrons. The first kappa shape index (κ1) is 23.5. The number of rotatable bonds is 5. The highest BCUT2D eigenvalue weighted by Crippen LogP contribution is 2.30. The monoisotopic (exact) mass is 510 g/mol. The Morgan fingerprint density at radius 3 is 2.49 bits per heavy atom. The number of hydrogen-bond acceptors (Lipinski definition) is 8. The topological polar surface area (TPSA) is 105 Å². The second-order valence-electron chi connectivity index (χ2n) is 8.52. The molecule has 35 heavy (non-hydrogen) atoms. The van der Waals surface area contributed by atoms with E-state index in [4.69, 9.17) is 28.9 Å². The number of nitrogens with zero attached hydrogens (tertiary/aromatic N) is 6. The van der Waals surface area contributed by atoms with Crippen molar-refractivity contribution in [3.63, 3.8) is 0 Å². The first-order chi connectivity index (χ1) is 16.9. The molecule has 9 nitrogen and oxygen atoms in total. The third-order valence-electron chi connectivity index (χ3n) is 6.02. The molecule has 0 atom stereocenters. The normalized spacial score (nSPS) is 14.9.